The van der Waals surface area contributed by atoms with E-state index in [2.05, 4.69) is 17.6 Å². The lowest BCUT2D eigenvalue weighted by Crippen LogP contribution is -2.16. The lowest BCUT2D eigenvalue weighted by atomic mass is 10.1. The molecule has 0 unspecified atom stereocenters. The van der Waals surface area contributed by atoms with Gasteiger partial charge < -0.3 is 15.4 Å². The van der Waals surface area contributed by atoms with Crippen molar-refractivity contribution in [2.45, 2.75) is 20.3 Å². The van der Waals surface area contributed by atoms with Crippen molar-refractivity contribution in [2.24, 2.45) is 0 Å². The molecule has 0 aliphatic carbocycles. The molecule has 0 saturated carbocycles. The van der Waals surface area contributed by atoms with E-state index in [0.29, 0.717) is 5.75 Å². The number of amides is 1. The van der Waals surface area contributed by atoms with Crippen molar-refractivity contribution < 1.29 is 9.53 Å². The molecule has 1 aromatic rings. The average molecular weight is 236 g/mol. The number of rotatable bonds is 6. The van der Waals surface area contributed by atoms with E-state index < -0.39 is 0 Å². The van der Waals surface area contributed by atoms with Gasteiger partial charge in [0, 0.05) is 6.92 Å². The van der Waals surface area contributed by atoms with Crippen molar-refractivity contribution >= 4 is 11.6 Å². The van der Waals surface area contributed by atoms with Gasteiger partial charge in [0.05, 0.1) is 12.8 Å². The fourth-order valence-electron chi connectivity index (χ4n) is 1.61. The Morgan fingerprint density at radius 1 is 1.41 bits per heavy atom. The molecule has 0 aliphatic heterocycles. The Hall–Kier alpha value is -1.55. The number of hydrogen-bond acceptors (Lipinski definition) is 3. The maximum atomic E-state index is 11.1. The summed E-state index contributed by atoms with van der Waals surface area (Å²) in [6.45, 7) is 5.47. The minimum Gasteiger partial charge on any atom is -0.495 e. The minimum absolute atomic E-state index is 0.0906. The van der Waals surface area contributed by atoms with Crippen LogP contribution < -0.4 is 15.4 Å². The first kappa shape index (κ1) is 13.5. The summed E-state index contributed by atoms with van der Waals surface area (Å²) in [4.78, 5) is 11.1. The first-order chi connectivity index (χ1) is 8.17. The van der Waals surface area contributed by atoms with Gasteiger partial charge in [-0.1, -0.05) is 13.0 Å². The number of benzene rings is 1. The number of methoxy groups -OCH3 is 1. The first-order valence-electron chi connectivity index (χ1n) is 5.82. The van der Waals surface area contributed by atoms with Crippen LogP contribution in [0, 0.1) is 0 Å². The van der Waals surface area contributed by atoms with E-state index in [1.165, 1.54) is 12.5 Å². The van der Waals surface area contributed by atoms with Crippen LogP contribution in [0.5, 0.6) is 5.75 Å². The third kappa shape index (κ3) is 4.44. The molecule has 4 heteroatoms. The van der Waals surface area contributed by atoms with Gasteiger partial charge in [-0.2, -0.15) is 0 Å². The number of carbonyl (C=O) groups is 1. The largest absolute Gasteiger partial charge is 0.495 e. The molecule has 0 aliphatic rings. The SMILES string of the molecule is CCNCCc1ccc(OC)c(NC(C)=O)c1. The fraction of sp³-hybridized carbons (Fsp3) is 0.462. The highest BCUT2D eigenvalue weighted by atomic mass is 16.5. The minimum atomic E-state index is -0.0906. The number of likely N-dealkylation sites (N-methyl/N-ethyl adjacent to an activating group) is 1. The molecule has 0 saturated heterocycles. The van der Waals surface area contributed by atoms with Crippen LogP contribution in [0.4, 0.5) is 5.69 Å². The van der Waals surface area contributed by atoms with Gasteiger partial charge in [-0.3, -0.25) is 4.79 Å². The second-order valence-corrected chi connectivity index (χ2v) is 3.82. The van der Waals surface area contributed by atoms with E-state index in [-0.39, 0.29) is 5.91 Å². The zero-order valence-electron chi connectivity index (χ0n) is 10.7. The van der Waals surface area contributed by atoms with Gasteiger partial charge in [0.25, 0.3) is 0 Å². The first-order valence-corrected chi connectivity index (χ1v) is 5.82. The van der Waals surface area contributed by atoms with E-state index in [0.717, 1.165) is 25.2 Å². The molecule has 1 aromatic carbocycles. The van der Waals surface area contributed by atoms with Gasteiger partial charge in [0.1, 0.15) is 5.75 Å². The molecule has 0 spiro atoms. The smallest absolute Gasteiger partial charge is 0.221 e. The molecular formula is C13H20N2O2. The maximum Gasteiger partial charge on any atom is 0.221 e. The topological polar surface area (TPSA) is 50.4 Å². The van der Waals surface area contributed by atoms with Crippen molar-refractivity contribution in [2.75, 3.05) is 25.5 Å². The summed E-state index contributed by atoms with van der Waals surface area (Å²) in [5.74, 6) is 0.597. The molecule has 0 fully saturated rings. The fourth-order valence-corrected chi connectivity index (χ4v) is 1.61. The summed E-state index contributed by atoms with van der Waals surface area (Å²) in [6.07, 6.45) is 0.935. The van der Waals surface area contributed by atoms with Crippen molar-refractivity contribution in [3.8, 4) is 5.75 Å². The molecule has 2 N–H and O–H groups in total. The molecule has 0 aromatic heterocycles. The van der Waals surface area contributed by atoms with E-state index in [1.807, 2.05) is 18.2 Å². The third-order valence-corrected chi connectivity index (χ3v) is 2.42. The van der Waals surface area contributed by atoms with E-state index in [4.69, 9.17) is 4.74 Å². The van der Waals surface area contributed by atoms with Crippen LogP contribution in [0.25, 0.3) is 0 Å². The standard InChI is InChI=1S/C13H20N2O2/c1-4-14-8-7-11-5-6-13(17-3)12(9-11)15-10(2)16/h5-6,9,14H,4,7-8H2,1-3H3,(H,15,16). The normalized spacial score (nSPS) is 10.1. The van der Waals surface area contributed by atoms with Crippen molar-refractivity contribution in [3.05, 3.63) is 23.8 Å². The quantitative estimate of drug-likeness (QED) is 0.741. The van der Waals surface area contributed by atoms with Crippen LogP contribution >= 0.6 is 0 Å². The van der Waals surface area contributed by atoms with Crippen LogP contribution in [-0.4, -0.2) is 26.1 Å². The number of ether oxygens (including phenoxy) is 1. The van der Waals surface area contributed by atoms with Gasteiger partial charge in [-0.15, -0.1) is 0 Å². The Bertz CT molecular complexity index is 378. The van der Waals surface area contributed by atoms with E-state index >= 15 is 0 Å². The van der Waals surface area contributed by atoms with Crippen molar-refractivity contribution in [1.29, 1.82) is 0 Å². The van der Waals surface area contributed by atoms with Crippen LogP contribution in [0.1, 0.15) is 19.4 Å². The maximum absolute atomic E-state index is 11.1. The Morgan fingerprint density at radius 3 is 2.76 bits per heavy atom. The number of anilines is 1. The molecule has 17 heavy (non-hydrogen) atoms. The van der Waals surface area contributed by atoms with Crippen LogP contribution in [0.2, 0.25) is 0 Å². The highest BCUT2D eigenvalue weighted by molar-refractivity contribution is 5.90. The Balaban J connectivity index is 2.77. The monoisotopic (exact) mass is 236 g/mol. The number of hydrogen-bond donors (Lipinski definition) is 2. The summed E-state index contributed by atoms with van der Waals surface area (Å²) in [6, 6.07) is 5.85. The lowest BCUT2D eigenvalue weighted by Gasteiger charge is -2.11. The second-order valence-electron chi connectivity index (χ2n) is 3.82. The summed E-state index contributed by atoms with van der Waals surface area (Å²) in [7, 11) is 1.60. The molecular weight excluding hydrogens is 216 g/mol. The zero-order valence-corrected chi connectivity index (χ0v) is 10.7. The lowest BCUT2D eigenvalue weighted by molar-refractivity contribution is -0.114. The molecule has 0 atom stereocenters. The summed E-state index contributed by atoms with van der Waals surface area (Å²) >= 11 is 0. The molecule has 0 heterocycles. The van der Waals surface area contributed by atoms with Crippen molar-refractivity contribution in [3.63, 3.8) is 0 Å². The van der Waals surface area contributed by atoms with Gasteiger partial charge in [-0.05, 0) is 37.2 Å². The van der Waals surface area contributed by atoms with Crippen LogP contribution in [0.3, 0.4) is 0 Å². The summed E-state index contributed by atoms with van der Waals surface area (Å²) < 4.78 is 5.20. The Morgan fingerprint density at radius 2 is 2.18 bits per heavy atom. The highest BCUT2D eigenvalue weighted by Gasteiger charge is 2.05. The van der Waals surface area contributed by atoms with Crippen LogP contribution in [-0.2, 0) is 11.2 Å². The summed E-state index contributed by atoms with van der Waals surface area (Å²) in [5.41, 5.74) is 1.91. The highest BCUT2D eigenvalue weighted by Crippen LogP contribution is 2.25. The zero-order chi connectivity index (χ0) is 12.7. The predicted molar refractivity (Wildman–Crippen MR) is 69.5 cm³/mol. The van der Waals surface area contributed by atoms with E-state index in [1.54, 1.807) is 7.11 Å². The Labute approximate surface area is 102 Å². The van der Waals surface area contributed by atoms with Crippen molar-refractivity contribution in [1.82, 2.24) is 5.32 Å². The molecule has 1 amide bonds. The molecule has 1 rings (SSSR count). The summed E-state index contributed by atoms with van der Waals surface area (Å²) in [5, 5.41) is 6.04. The Kier molecular flexibility index (Phi) is 5.49. The van der Waals surface area contributed by atoms with Gasteiger partial charge in [-0.25, -0.2) is 0 Å². The van der Waals surface area contributed by atoms with Gasteiger partial charge >= 0.3 is 0 Å². The third-order valence-electron chi connectivity index (χ3n) is 2.42. The predicted octanol–water partition coefficient (Wildman–Crippen LogP) is 1.81. The average Bonchev–Trinajstić information content (AvgIpc) is 2.29. The molecule has 0 bridgehead atoms. The van der Waals surface area contributed by atoms with Gasteiger partial charge in [0.15, 0.2) is 0 Å². The number of nitrogens with one attached hydrogen (secondary N) is 2. The van der Waals surface area contributed by atoms with Gasteiger partial charge in [0.2, 0.25) is 5.91 Å². The molecule has 0 radical (unpaired) electrons. The molecule has 94 valence electrons. The second kappa shape index (κ2) is 6.91. The van der Waals surface area contributed by atoms with E-state index in [9.17, 15) is 4.79 Å². The van der Waals surface area contributed by atoms with Crippen LogP contribution in [0.15, 0.2) is 18.2 Å². The molecule has 4 nitrogen and oxygen atoms in total. The number of carbonyl (C=O) groups excluding carboxylic acids is 1.